The largest absolute Gasteiger partial charge is 0.398 e. The Hall–Kier alpha value is -3.36. The number of nitrogen functional groups attached to an aromatic ring is 1. The van der Waals surface area contributed by atoms with Gasteiger partial charge >= 0.3 is 0 Å². The van der Waals surface area contributed by atoms with E-state index in [2.05, 4.69) is 32.7 Å². The van der Waals surface area contributed by atoms with Gasteiger partial charge in [-0.25, -0.2) is 4.98 Å². The van der Waals surface area contributed by atoms with Crippen molar-refractivity contribution in [3.8, 4) is 0 Å². The highest BCUT2D eigenvalue weighted by molar-refractivity contribution is 6.30. The van der Waals surface area contributed by atoms with E-state index in [1.807, 2.05) is 28.8 Å². The van der Waals surface area contributed by atoms with Crippen LogP contribution in [0.25, 0.3) is 11.2 Å². The molecule has 0 amide bonds. The minimum atomic E-state index is -0.704. The lowest BCUT2D eigenvalue weighted by atomic mass is 10.0. The Kier molecular flexibility index (Phi) is 7.19. The van der Waals surface area contributed by atoms with E-state index < -0.39 is 5.60 Å². The van der Waals surface area contributed by atoms with E-state index in [0.717, 1.165) is 23.2 Å². The fraction of sp³-hybridized carbons (Fsp3) is 0.320. The van der Waals surface area contributed by atoms with Crippen LogP contribution in [0.15, 0.2) is 54.9 Å². The number of aliphatic hydroxyl groups is 1. The summed E-state index contributed by atoms with van der Waals surface area (Å²) in [6.45, 7) is 5.35. The molecule has 0 bridgehead atoms. The Morgan fingerprint density at radius 3 is 2.65 bits per heavy atom. The number of halogens is 1. The lowest BCUT2D eigenvalue weighted by molar-refractivity contribution is 0.0698. The van der Waals surface area contributed by atoms with Crippen molar-refractivity contribution < 1.29 is 5.11 Å². The molecule has 0 aliphatic heterocycles. The fourth-order valence-corrected chi connectivity index (χ4v) is 3.86. The predicted molar refractivity (Wildman–Crippen MR) is 138 cm³/mol. The predicted octanol–water partition coefficient (Wildman–Crippen LogP) is 4.69. The van der Waals surface area contributed by atoms with Gasteiger partial charge in [0.25, 0.3) is 0 Å². The molecule has 34 heavy (non-hydrogen) atoms. The fourth-order valence-electron chi connectivity index (χ4n) is 3.67. The Morgan fingerprint density at radius 1 is 1.09 bits per heavy atom. The van der Waals surface area contributed by atoms with Gasteiger partial charge in [0.1, 0.15) is 0 Å². The number of hydrogen-bond acceptors (Lipinski definition) is 7. The molecule has 2 aromatic heterocycles. The number of hydrogen-bond donors (Lipinski definition) is 4. The summed E-state index contributed by atoms with van der Waals surface area (Å²) in [6, 6.07) is 15.6. The van der Waals surface area contributed by atoms with Gasteiger partial charge in [-0.05, 0) is 56.0 Å². The van der Waals surface area contributed by atoms with E-state index >= 15 is 0 Å². The number of nitrogens with one attached hydrogen (secondary N) is 2. The number of imidazole rings is 1. The van der Waals surface area contributed by atoms with Crippen LogP contribution in [0.2, 0.25) is 5.02 Å². The van der Waals surface area contributed by atoms with Crippen LogP contribution >= 0.6 is 11.6 Å². The second-order valence-corrected chi connectivity index (χ2v) is 9.40. The van der Waals surface area contributed by atoms with Gasteiger partial charge in [-0.1, -0.05) is 41.9 Å². The molecule has 2 heterocycles. The summed E-state index contributed by atoms with van der Waals surface area (Å²) in [5, 5.41) is 17.2. The minimum Gasteiger partial charge on any atom is -0.398 e. The van der Waals surface area contributed by atoms with Gasteiger partial charge in [-0.2, -0.15) is 9.97 Å². The lowest BCUT2D eigenvalue weighted by Gasteiger charge is -2.17. The summed E-state index contributed by atoms with van der Waals surface area (Å²) < 4.78 is 2.01. The highest BCUT2D eigenvalue weighted by Gasteiger charge is 2.15. The number of nitrogens with zero attached hydrogens (tertiary/aromatic N) is 4. The third-order valence-electron chi connectivity index (χ3n) is 5.46. The molecule has 0 saturated carbocycles. The van der Waals surface area contributed by atoms with Crippen molar-refractivity contribution in [1.29, 1.82) is 0 Å². The summed E-state index contributed by atoms with van der Waals surface area (Å²) >= 11 is 6.15. The monoisotopic (exact) mass is 479 g/mol. The quantitative estimate of drug-likeness (QED) is 0.193. The van der Waals surface area contributed by atoms with Crippen molar-refractivity contribution in [2.75, 3.05) is 22.9 Å². The zero-order chi connectivity index (χ0) is 24.1. The normalized spacial score (nSPS) is 11.6. The van der Waals surface area contributed by atoms with Gasteiger partial charge in [0.2, 0.25) is 5.95 Å². The van der Waals surface area contributed by atoms with Crippen LogP contribution in [0.4, 0.5) is 17.5 Å². The van der Waals surface area contributed by atoms with Crippen LogP contribution in [0.3, 0.4) is 0 Å². The zero-order valence-electron chi connectivity index (χ0n) is 19.4. The van der Waals surface area contributed by atoms with Gasteiger partial charge in [0, 0.05) is 23.8 Å². The molecule has 5 N–H and O–H groups in total. The molecule has 0 aliphatic carbocycles. The molecule has 9 heteroatoms. The second kappa shape index (κ2) is 10.3. The van der Waals surface area contributed by atoms with Crippen LogP contribution in [0.5, 0.6) is 0 Å². The molecular weight excluding hydrogens is 450 g/mol. The van der Waals surface area contributed by atoms with Crippen LogP contribution in [-0.4, -0.2) is 36.8 Å². The SMILES string of the molecule is CC(C)(O)CCCNc1nc(NCc2cc(Cl)ccc2N)c2ncn(Cc3ccccc3)c2n1. The Balaban J connectivity index is 1.61. The maximum Gasteiger partial charge on any atom is 0.226 e. The number of benzene rings is 2. The van der Waals surface area contributed by atoms with Gasteiger partial charge in [0.05, 0.1) is 18.5 Å². The first kappa shape index (κ1) is 23.8. The summed E-state index contributed by atoms with van der Waals surface area (Å²) in [4.78, 5) is 14.0. The summed E-state index contributed by atoms with van der Waals surface area (Å²) in [7, 11) is 0. The Morgan fingerprint density at radius 2 is 1.88 bits per heavy atom. The smallest absolute Gasteiger partial charge is 0.226 e. The average Bonchev–Trinajstić information content (AvgIpc) is 3.20. The van der Waals surface area contributed by atoms with Crippen molar-refractivity contribution in [3.05, 3.63) is 71.0 Å². The highest BCUT2D eigenvalue weighted by atomic mass is 35.5. The minimum absolute atomic E-state index is 0.447. The molecule has 0 aliphatic rings. The maximum atomic E-state index is 9.97. The van der Waals surface area contributed by atoms with Crippen molar-refractivity contribution in [2.45, 2.75) is 45.4 Å². The molecule has 0 unspecified atom stereocenters. The summed E-state index contributed by atoms with van der Waals surface area (Å²) in [5.74, 6) is 1.11. The molecule has 0 spiro atoms. The third-order valence-corrected chi connectivity index (χ3v) is 5.69. The molecule has 2 aromatic carbocycles. The molecular formula is C25H30ClN7O. The lowest BCUT2D eigenvalue weighted by Crippen LogP contribution is -2.20. The molecule has 0 saturated heterocycles. The number of aromatic nitrogens is 4. The van der Waals surface area contributed by atoms with Gasteiger partial charge in [0.15, 0.2) is 17.0 Å². The molecule has 178 valence electrons. The molecule has 0 fully saturated rings. The summed E-state index contributed by atoms with van der Waals surface area (Å²) in [6.07, 6.45) is 3.24. The molecule has 0 atom stereocenters. The van der Waals surface area contributed by atoms with Crippen LogP contribution in [-0.2, 0) is 13.1 Å². The van der Waals surface area contributed by atoms with Crippen LogP contribution < -0.4 is 16.4 Å². The Bertz CT molecular complexity index is 1250. The molecule has 8 nitrogen and oxygen atoms in total. The highest BCUT2D eigenvalue weighted by Crippen LogP contribution is 2.24. The molecule has 0 radical (unpaired) electrons. The molecule has 4 rings (SSSR count). The van der Waals surface area contributed by atoms with E-state index in [1.165, 1.54) is 0 Å². The van der Waals surface area contributed by atoms with E-state index in [1.54, 1.807) is 32.3 Å². The second-order valence-electron chi connectivity index (χ2n) is 8.97. The van der Waals surface area contributed by atoms with Crippen molar-refractivity contribution in [3.63, 3.8) is 0 Å². The first-order chi connectivity index (χ1) is 16.3. The standard InChI is InChI=1S/C25H30ClN7O/c1-25(2,34)11-6-12-28-24-31-22(29-14-18-13-19(26)9-10-20(18)27)21-23(32-24)33(16-30-21)15-17-7-4-3-5-8-17/h3-5,7-10,13,16,34H,6,11-12,14-15,27H2,1-2H3,(H2,28,29,31,32). The first-order valence-corrected chi connectivity index (χ1v) is 11.7. The van der Waals surface area contributed by atoms with E-state index in [0.29, 0.717) is 54.0 Å². The van der Waals surface area contributed by atoms with E-state index in [4.69, 9.17) is 22.3 Å². The average molecular weight is 480 g/mol. The van der Waals surface area contributed by atoms with Crippen LogP contribution in [0, 0.1) is 0 Å². The molecule has 4 aromatic rings. The van der Waals surface area contributed by atoms with Gasteiger partial charge in [-0.3, -0.25) is 0 Å². The Labute approximate surface area is 204 Å². The zero-order valence-corrected chi connectivity index (χ0v) is 20.2. The van der Waals surface area contributed by atoms with Gasteiger partial charge in [-0.15, -0.1) is 0 Å². The number of fused-ring (bicyclic) bond motifs is 1. The van der Waals surface area contributed by atoms with E-state index in [-0.39, 0.29) is 0 Å². The van der Waals surface area contributed by atoms with Crippen molar-refractivity contribution in [2.24, 2.45) is 0 Å². The third kappa shape index (κ3) is 6.15. The summed E-state index contributed by atoms with van der Waals surface area (Å²) in [5.41, 5.74) is 9.51. The first-order valence-electron chi connectivity index (χ1n) is 11.3. The number of anilines is 3. The van der Waals surface area contributed by atoms with Crippen molar-refractivity contribution >= 4 is 40.2 Å². The van der Waals surface area contributed by atoms with Gasteiger partial charge < -0.3 is 26.0 Å². The number of nitrogens with two attached hydrogens (primary N) is 1. The number of rotatable bonds is 10. The maximum absolute atomic E-state index is 9.97. The van der Waals surface area contributed by atoms with Crippen molar-refractivity contribution in [1.82, 2.24) is 19.5 Å². The van der Waals surface area contributed by atoms with Crippen LogP contribution in [0.1, 0.15) is 37.8 Å². The van der Waals surface area contributed by atoms with E-state index in [9.17, 15) is 5.11 Å². The topological polar surface area (TPSA) is 114 Å².